The van der Waals surface area contributed by atoms with Crippen LogP contribution in [0.3, 0.4) is 0 Å². The van der Waals surface area contributed by atoms with Crippen LogP contribution in [0.1, 0.15) is 0 Å². The van der Waals surface area contributed by atoms with Gasteiger partial charge in [0.2, 0.25) is 0 Å². The second kappa shape index (κ2) is 5.18. The topological polar surface area (TPSA) is 9.23 Å². The van der Waals surface area contributed by atoms with E-state index >= 15 is 0 Å². The standard InChI is InChI=1S/C13H9Cl3O/c1-17-9-3-5-11(13(16)7-9)10-4-2-8(14)6-12(10)15/h2-7H,1H3. The van der Waals surface area contributed by atoms with E-state index in [1.54, 1.807) is 25.3 Å². The van der Waals surface area contributed by atoms with Crippen molar-refractivity contribution in [3.63, 3.8) is 0 Å². The Balaban J connectivity index is 2.53. The van der Waals surface area contributed by atoms with Crippen molar-refractivity contribution in [1.29, 1.82) is 0 Å². The van der Waals surface area contributed by atoms with Gasteiger partial charge in [-0.1, -0.05) is 40.9 Å². The van der Waals surface area contributed by atoms with Gasteiger partial charge in [0.1, 0.15) is 5.75 Å². The number of hydrogen-bond donors (Lipinski definition) is 0. The van der Waals surface area contributed by atoms with Crippen molar-refractivity contribution in [2.24, 2.45) is 0 Å². The summed E-state index contributed by atoms with van der Waals surface area (Å²) in [6, 6.07) is 10.8. The van der Waals surface area contributed by atoms with Crippen LogP contribution in [0.15, 0.2) is 36.4 Å². The SMILES string of the molecule is COc1ccc(-c2ccc(Cl)cc2Cl)c(Cl)c1. The molecule has 0 bridgehead atoms. The molecule has 0 atom stereocenters. The van der Waals surface area contributed by atoms with Crippen LogP contribution in [0.25, 0.3) is 11.1 Å². The lowest BCUT2D eigenvalue weighted by Crippen LogP contribution is -1.85. The number of halogens is 3. The molecule has 0 unspecified atom stereocenters. The molecule has 2 aromatic rings. The monoisotopic (exact) mass is 286 g/mol. The molecule has 0 aliphatic heterocycles. The van der Waals surface area contributed by atoms with Crippen LogP contribution in [0.5, 0.6) is 5.75 Å². The zero-order valence-electron chi connectivity index (χ0n) is 9.01. The van der Waals surface area contributed by atoms with E-state index in [9.17, 15) is 0 Å². The quantitative estimate of drug-likeness (QED) is 0.726. The fourth-order valence-electron chi connectivity index (χ4n) is 1.55. The van der Waals surface area contributed by atoms with Gasteiger partial charge in [0, 0.05) is 21.2 Å². The van der Waals surface area contributed by atoms with Crippen molar-refractivity contribution in [2.75, 3.05) is 7.11 Å². The summed E-state index contributed by atoms with van der Waals surface area (Å²) in [6.07, 6.45) is 0. The predicted molar refractivity (Wildman–Crippen MR) is 73.5 cm³/mol. The minimum absolute atomic E-state index is 0.574. The van der Waals surface area contributed by atoms with E-state index in [-0.39, 0.29) is 0 Å². The summed E-state index contributed by atoms with van der Waals surface area (Å²) < 4.78 is 5.10. The molecule has 2 aromatic carbocycles. The average molecular weight is 288 g/mol. The number of methoxy groups -OCH3 is 1. The highest BCUT2D eigenvalue weighted by Crippen LogP contribution is 2.36. The van der Waals surface area contributed by atoms with E-state index in [4.69, 9.17) is 39.5 Å². The van der Waals surface area contributed by atoms with Gasteiger partial charge in [-0.05, 0) is 30.3 Å². The van der Waals surface area contributed by atoms with Crippen LogP contribution >= 0.6 is 34.8 Å². The van der Waals surface area contributed by atoms with Crippen LogP contribution < -0.4 is 4.74 Å². The van der Waals surface area contributed by atoms with Crippen molar-refractivity contribution in [2.45, 2.75) is 0 Å². The van der Waals surface area contributed by atoms with Gasteiger partial charge in [-0.25, -0.2) is 0 Å². The van der Waals surface area contributed by atoms with Gasteiger partial charge in [0.05, 0.1) is 12.1 Å². The molecule has 0 N–H and O–H groups in total. The molecule has 4 heteroatoms. The van der Waals surface area contributed by atoms with E-state index in [2.05, 4.69) is 0 Å². The Labute approximate surface area is 115 Å². The second-order valence-electron chi connectivity index (χ2n) is 3.47. The fourth-order valence-corrected chi connectivity index (χ4v) is 2.33. The van der Waals surface area contributed by atoms with Crippen LogP contribution in [-0.2, 0) is 0 Å². The Kier molecular flexibility index (Phi) is 3.82. The summed E-state index contributed by atoms with van der Waals surface area (Å²) in [5.74, 6) is 0.712. The molecule has 17 heavy (non-hydrogen) atoms. The molecule has 88 valence electrons. The molecule has 0 heterocycles. The third-order valence-corrected chi connectivity index (χ3v) is 3.26. The average Bonchev–Trinajstić information content (AvgIpc) is 2.30. The van der Waals surface area contributed by atoms with Crippen molar-refractivity contribution in [3.05, 3.63) is 51.5 Å². The van der Waals surface area contributed by atoms with Crippen molar-refractivity contribution >= 4 is 34.8 Å². The molecule has 0 aromatic heterocycles. The van der Waals surface area contributed by atoms with Gasteiger partial charge >= 0.3 is 0 Å². The van der Waals surface area contributed by atoms with Gasteiger partial charge in [0.15, 0.2) is 0 Å². The molecule has 2 rings (SSSR count). The normalized spacial score (nSPS) is 10.4. The molecule has 0 saturated carbocycles. The van der Waals surface area contributed by atoms with Crippen molar-refractivity contribution in [3.8, 4) is 16.9 Å². The van der Waals surface area contributed by atoms with Crippen molar-refractivity contribution < 1.29 is 4.74 Å². The predicted octanol–water partition coefficient (Wildman–Crippen LogP) is 5.32. The zero-order valence-corrected chi connectivity index (χ0v) is 11.3. The van der Waals surface area contributed by atoms with E-state index in [0.717, 1.165) is 11.1 Å². The zero-order chi connectivity index (χ0) is 12.4. The molecule has 0 saturated heterocycles. The first-order chi connectivity index (χ1) is 8.11. The highest BCUT2D eigenvalue weighted by molar-refractivity contribution is 6.38. The number of benzene rings is 2. The Morgan fingerprint density at radius 3 is 1.94 bits per heavy atom. The van der Waals surface area contributed by atoms with Crippen LogP contribution in [0.2, 0.25) is 15.1 Å². The molecule has 1 nitrogen and oxygen atoms in total. The lowest BCUT2D eigenvalue weighted by Gasteiger charge is -2.08. The van der Waals surface area contributed by atoms with Gasteiger partial charge in [-0.15, -0.1) is 0 Å². The maximum absolute atomic E-state index is 6.18. The lowest BCUT2D eigenvalue weighted by molar-refractivity contribution is 0.415. The fraction of sp³-hybridized carbons (Fsp3) is 0.0769. The van der Waals surface area contributed by atoms with E-state index in [1.165, 1.54) is 0 Å². The van der Waals surface area contributed by atoms with E-state index < -0.39 is 0 Å². The summed E-state index contributed by atoms with van der Waals surface area (Å²) >= 11 is 18.2. The summed E-state index contributed by atoms with van der Waals surface area (Å²) in [5.41, 5.74) is 1.71. The van der Waals surface area contributed by atoms with E-state index in [1.807, 2.05) is 18.2 Å². The summed E-state index contributed by atoms with van der Waals surface area (Å²) in [4.78, 5) is 0. The second-order valence-corrected chi connectivity index (χ2v) is 4.72. The summed E-state index contributed by atoms with van der Waals surface area (Å²) in [7, 11) is 1.60. The minimum Gasteiger partial charge on any atom is -0.497 e. The lowest BCUT2D eigenvalue weighted by atomic mass is 10.1. The molecule has 0 amide bonds. The molecular formula is C13H9Cl3O. The van der Waals surface area contributed by atoms with Crippen molar-refractivity contribution in [1.82, 2.24) is 0 Å². The van der Waals surface area contributed by atoms with Gasteiger partial charge in [-0.3, -0.25) is 0 Å². The third-order valence-electron chi connectivity index (χ3n) is 2.40. The molecule has 0 aliphatic carbocycles. The molecule has 0 fully saturated rings. The number of ether oxygens (including phenoxy) is 1. The van der Waals surface area contributed by atoms with Crippen LogP contribution in [0, 0.1) is 0 Å². The van der Waals surface area contributed by atoms with E-state index in [0.29, 0.717) is 20.8 Å². The largest absolute Gasteiger partial charge is 0.497 e. The van der Waals surface area contributed by atoms with Gasteiger partial charge in [-0.2, -0.15) is 0 Å². The smallest absolute Gasteiger partial charge is 0.120 e. The first kappa shape index (κ1) is 12.6. The summed E-state index contributed by atoms with van der Waals surface area (Å²) in [5, 5.41) is 1.77. The number of rotatable bonds is 2. The third kappa shape index (κ3) is 2.68. The van der Waals surface area contributed by atoms with Crippen LogP contribution in [0.4, 0.5) is 0 Å². The maximum atomic E-state index is 6.18. The molecule has 0 radical (unpaired) electrons. The number of hydrogen-bond acceptors (Lipinski definition) is 1. The summed E-state index contributed by atoms with van der Waals surface area (Å²) in [6.45, 7) is 0. The highest BCUT2D eigenvalue weighted by atomic mass is 35.5. The van der Waals surface area contributed by atoms with Gasteiger partial charge < -0.3 is 4.74 Å². The molecular weight excluding hydrogens is 279 g/mol. The molecule has 0 spiro atoms. The maximum Gasteiger partial charge on any atom is 0.120 e. The Bertz CT molecular complexity index is 552. The Hall–Kier alpha value is -0.890. The Morgan fingerprint density at radius 2 is 1.41 bits per heavy atom. The highest BCUT2D eigenvalue weighted by Gasteiger charge is 2.09. The van der Waals surface area contributed by atoms with Crippen LogP contribution in [-0.4, -0.2) is 7.11 Å². The first-order valence-corrected chi connectivity index (χ1v) is 6.04. The first-order valence-electron chi connectivity index (χ1n) is 4.91. The minimum atomic E-state index is 0.574. The van der Waals surface area contributed by atoms with Gasteiger partial charge in [0.25, 0.3) is 0 Å². The Morgan fingerprint density at radius 1 is 0.824 bits per heavy atom. The molecule has 0 aliphatic rings.